The summed E-state index contributed by atoms with van der Waals surface area (Å²) in [6.07, 6.45) is 3.86. The summed E-state index contributed by atoms with van der Waals surface area (Å²) in [6, 6.07) is 5.10. The van der Waals surface area contributed by atoms with Crippen molar-refractivity contribution in [2.45, 2.75) is 19.3 Å². The van der Waals surface area contributed by atoms with Gasteiger partial charge in [0.25, 0.3) is 0 Å². The second kappa shape index (κ2) is 4.51. The van der Waals surface area contributed by atoms with Gasteiger partial charge in [0.2, 0.25) is 0 Å². The number of aromatic carboxylic acids is 1. The third kappa shape index (κ3) is 2.72. The van der Waals surface area contributed by atoms with Gasteiger partial charge >= 0.3 is 5.97 Å². The molecule has 0 radical (unpaired) electrons. The first-order valence-electron chi connectivity index (χ1n) is 5.58. The fourth-order valence-electron chi connectivity index (χ4n) is 1.65. The predicted octanol–water partition coefficient (Wildman–Crippen LogP) is 2.02. The summed E-state index contributed by atoms with van der Waals surface area (Å²) >= 11 is 0. The Hall–Kier alpha value is -1.58. The monoisotopic (exact) mass is 220 g/mol. The number of aromatic nitrogens is 1. The maximum absolute atomic E-state index is 10.8. The van der Waals surface area contributed by atoms with Crippen molar-refractivity contribution in [3.63, 3.8) is 0 Å². The van der Waals surface area contributed by atoms with Crippen LogP contribution in [0.25, 0.3) is 0 Å². The van der Waals surface area contributed by atoms with Gasteiger partial charge in [0.1, 0.15) is 5.82 Å². The lowest BCUT2D eigenvalue weighted by atomic mass is 10.2. The molecule has 4 heteroatoms. The van der Waals surface area contributed by atoms with Gasteiger partial charge in [0, 0.05) is 13.6 Å². The number of carboxylic acids is 1. The number of carbonyl (C=O) groups is 1. The number of hydrogen-bond acceptors (Lipinski definition) is 3. The summed E-state index contributed by atoms with van der Waals surface area (Å²) in [6.45, 7) is 0.945. The van der Waals surface area contributed by atoms with Crippen LogP contribution in [0.1, 0.15) is 29.8 Å². The molecule has 0 aliphatic heterocycles. The number of hydrogen-bond donors (Lipinski definition) is 1. The van der Waals surface area contributed by atoms with Crippen LogP contribution in [0.3, 0.4) is 0 Å². The van der Waals surface area contributed by atoms with Crippen LogP contribution >= 0.6 is 0 Å². The highest BCUT2D eigenvalue weighted by atomic mass is 16.4. The number of pyridine rings is 1. The number of carboxylic acid groups (broad SMARTS) is 1. The summed E-state index contributed by atoms with van der Waals surface area (Å²) in [4.78, 5) is 16.9. The van der Waals surface area contributed by atoms with Gasteiger partial charge < -0.3 is 10.0 Å². The first kappa shape index (κ1) is 10.9. The molecule has 0 saturated heterocycles. The average Bonchev–Trinajstić information content (AvgIpc) is 3.10. The lowest BCUT2D eigenvalue weighted by Crippen LogP contribution is -2.20. The first-order chi connectivity index (χ1) is 7.66. The molecule has 86 valence electrons. The molecule has 4 nitrogen and oxygen atoms in total. The van der Waals surface area contributed by atoms with Crippen LogP contribution in [-0.4, -0.2) is 29.7 Å². The fraction of sp³-hybridized carbons (Fsp3) is 0.500. The summed E-state index contributed by atoms with van der Waals surface area (Å²) in [5.41, 5.74) is 0.107. The van der Waals surface area contributed by atoms with Crippen LogP contribution in [0.2, 0.25) is 0 Å². The van der Waals surface area contributed by atoms with E-state index in [1.165, 1.54) is 25.3 Å². The van der Waals surface area contributed by atoms with Crippen molar-refractivity contribution in [1.29, 1.82) is 0 Å². The van der Waals surface area contributed by atoms with Gasteiger partial charge in [-0.25, -0.2) is 9.78 Å². The van der Waals surface area contributed by atoms with E-state index in [0.717, 1.165) is 18.3 Å². The molecule has 1 N–H and O–H groups in total. The zero-order chi connectivity index (χ0) is 11.5. The van der Waals surface area contributed by atoms with Crippen molar-refractivity contribution in [3.05, 3.63) is 23.9 Å². The standard InChI is InChI=1S/C12H16N2O2/c1-14(8-7-9-5-6-9)11-4-2-3-10(13-11)12(15)16/h2-4,9H,5-8H2,1H3,(H,15,16). The molecule has 2 rings (SSSR count). The Morgan fingerprint density at radius 1 is 1.56 bits per heavy atom. The topological polar surface area (TPSA) is 53.4 Å². The van der Waals surface area contributed by atoms with Crippen LogP contribution in [0, 0.1) is 5.92 Å². The van der Waals surface area contributed by atoms with Gasteiger partial charge in [-0.3, -0.25) is 0 Å². The van der Waals surface area contributed by atoms with Crippen molar-refractivity contribution in [2.75, 3.05) is 18.5 Å². The molecule has 1 heterocycles. The maximum atomic E-state index is 10.8. The van der Waals surface area contributed by atoms with Gasteiger partial charge in [-0.1, -0.05) is 18.9 Å². The summed E-state index contributed by atoms with van der Waals surface area (Å²) in [7, 11) is 1.95. The Kier molecular flexibility index (Phi) is 3.08. The maximum Gasteiger partial charge on any atom is 0.354 e. The van der Waals surface area contributed by atoms with Crippen molar-refractivity contribution >= 4 is 11.8 Å². The second-order valence-electron chi connectivity index (χ2n) is 4.34. The van der Waals surface area contributed by atoms with Gasteiger partial charge in [-0.15, -0.1) is 0 Å². The first-order valence-corrected chi connectivity index (χ1v) is 5.58. The molecule has 0 aromatic carbocycles. The average molecular weight is 220 g/mol. The van der Waals surface area contributed by atoms with Crippen molar-refractivity contribution in [3.8, 4) is 0 Å². The molecule has 0 unspecified atom stereocenters. The second-order valence-corrected chi connectivity index (χ2v) is 4.34. The van der Waals surface area contributed by atoms with E-state index in [1.54, 1.807) is 6.07 Å². The van der Waals surface area contributed by atoms with E-state index in [1.807, 2.05) is 18.0 Å². The van der Waals surface area contributed by atoms with Crippen LogP contribution in [0.15, 0.2) is 18.2 Å². The van der Waals surface area contributed by atoms with Crippen LogP contribution in [0.4, 0.5) is 5.82 Å². The summed E-state index contributed by atoms with van der Waals surface area (Å²) in [5, 5.41) is 8.84. The summed E-state index contributed by atoms with van der Waals surface area (Å²) in [5.74, 6) is 0.642. The number of rotatable bonds is 5. The molecule has 0 atom stereocenters. The van der Waals surface area contributed by atoms with Gasteiger partial charge in [-0.05, 0) is 24.5 Å². The highest BCUT2D eigenvalue weighted by Gasteiger charge is 2.21. The molecule has 1 aliphatic carbocycles. The Bertz CT molecular complexity index is 388. The number of anilines is 1. The minimum absolute atomic E-state index is 0.107. The lowest BCUT2D eigenvalue weighted by Gasteiger charge is -2.18. The molecule has 0 bridgehead atoms. The zero-order valence-corrected chi connectivity index (χ0v) is 9.39. The third-order valence-corrected chi connectivity index (χ3v) is 2.91. The molecule has 1 aliphatic rings. The number of nitrogens with zero attached hydrogens (tertiary/aromatic N) is 2. The minimum Gasteiger partial charge on any atom is -0.477 e. The highest BCUT2D eigenvalue weighted by molar-refractivity contribution is 5.85. The highest BCUT2D eigenvalue weighted by Crippen LogP contribution is 2.32. The molecule has 1 aromatic heterocycles. The van der Waals surface area contributed by atoms with Crippen molar-refractivity contribution in [2.24, 2.45) is 5.92 Å². The Morgan fingerprint density at radius 3 is 2.94 bits per heavy atom. The SMILES string of the molecule is CN(CCC1CC1)c1cccc(C(=O)O)n1. The lowest BCUT2D eigenvalue weighted by molar-refractivity contribution is 0.0690. The molecule has 16 heavy (non-hydrogen) atoms. The van der Waals surface area contributed by atoms with Crippen LogP contribution in [-0.2, 0) is 0 Å². The quantitative estimate of drug-likeness (QED) is 0.824. The van der Waals surface area contributed by atoms with Crippen molar-refractivity contribution in [1.82, 2.24) is 4.98 Å². The van der Waals surface area contributed by atoms with Crippen LogP contribution in [0.5, 0.6) is 0 Å². The van der Waals surface area contributed by atoms with E-state index in [0.29, 0.717) is 0 Å². The predicted molar refractivity (Wildman–Crippen MR) is 61.8 cm³/mol. The van der Waals surface area contributed by atoms with E-state index in [9.17, 15) is 4.79 Å². The van der Waals surface area contributed by atoms with Gasteiger partial charge in [0.05, 0.1) is 0 Å². The van der Waals surface area contributed by atoms with Crippen molar-refractivity contribution < 1.29 is 9.90 Å². The summed E-state index contributed by atoms with van der Waals surface area (Å²) < 4.78 is 0. The molecular weight excluding hydrogens is 204 g/mol. The largest absolute Gasteiger partial charge is 0.477 e. The van der Waals surface area contributed by atoms with E-state index >= 15 is 0 Å². The van der Waals surface area contributed by atoms with Gasteiger partial charge in [0.15, 0.2) is 5.69 Å². The molecule has 0 amide bonds. The zero-order valence-electron chi connectivity index (χ0n) is 9.39. The molecule has 1 fully saturated rings. The Balaban J connectivity index is 2.00. The van der Waals surface area contributed by atoms with Gasteiger partial charge in [-0.2, -0.15) is 0 Å². The molecular formula is C12H16N2O2. The van der Waals surface area contributed by atoms with Crippen LogP contribution < -0.4 is 4.90 Å². The molecule has 0 spiro atoms. The Morgan fingerprint density at radius 2 is 2.31 bits per heavy atom. The fourth-order valence-corrected chi connectivity index (χ4v) is 1.65. The smallest absolute Gasteiger partial charge is 0.354 e. The Labute approximate surface area is 94.9 Å². The van der Waals surface area contributed by atoms with E-state index in [-0.39, 0.29) is 5.69 Å². The van der Waals surface area contributed by atoms with E-state index in [4.69, 9.17) is 5.11 Å². The third-order valence-electron chi connectivity index (χ3n) is 2.91. The molecule has 1 aromatic rings. The normalized spacial score (nSPS) is 14.8. The van der Waals surface area contributed by atoms with E-state index < -0.39 is 5.97 Å². The van der Waals surface area contributed by atoms with E-state index in [2.05, 4.69) is 4.98 Å². The minimum atomic E-state index is -0.975. The molecule has 1 saturated carbocycles.